The first kappa shape index (κ1) is 18.1. The van der Waals surface area contributed by atoms with Crippen molar-refractivity contribution in [1.82, 2.24) is 0 Å². The van der Waals surface area contributed by atoms with Gasteiger partial charge < -0.3 is 14.6 Å². The molecule has 8 heteroatoms. The van der Waals surface area contributed by atoms with Crippen molar-refractivity contribution in [2.75, 3.05) is 7.11 Å². The molecule has 0 fully saturated rings. The van der Waals surface area contributed by atoms with E-state index in [2.05, 4.69) is 0 Å². The number of alkyl halides is 3. The molecule has 2 aromatic rings. The van der Waals surface area contributed by atoms with E-state index in [0.29, 0.717) is 5.56 Å². The summed E-state index contributed by atoms with van der Waals surface area (Å²) in [5.74, 6) is -1.03. The standard InChI is InChI=1S/C16H12ClF3O4/c1-23-8-9-6-10(2-4-12(9)15(21)22)24-11-3-5-14(17)13(7-11)16(18,19)20/h2-7H,8H2,1H3,(H,21,22). The van der Waals surface area contributed by atoms with Crippen LogP contribution in [-0.2, 0) is 17.5 Å². The van der Waals surface area contributed by atoms with E-state index in [-0.39, 0.29) is 23.7 Å². The maximum atomic E-state index is 12.9. The number of halogens is 4. The first-order valence-corrected chi connectivity index (χ1v) is 7.00. The number of hydrogen-bond acceptors (Lipinski definition) is 3. The molecule has 0 saturated heterocycles. The number of ether oxygens (including phenoxy) is 2. The fourth-order valence-electron chi connectivity index (χ4n) is 2.04. The van der Waals surface area contributed by atoms with E-state index in [9.17, 15) is 18.0 Å². The van der Waals surface area contributed by atoms with Gasteiger partial charge in [-0.25, -0.2) is 4.79 Å². The van der Waals surface area contributed by atoms with E-state index in [1.165, 1.54) is 31.4 Å². The molecule has 0 atom stereocenters. The number of benzene rings is 2. The number of carboxylic acids is 1. The third-order valence-corrected chi connectivity index (χ3v) is 3.42. The minimum Gasteiger partial charge on any atom is -0.478 e. The Balaban J connectivity index is 2.35. The maximum absolute atomic E-state index is 12.9. The van der Waals surface area contributed by atoms with Crippen LogP contribution in [0.15, 0.2) is 36.4 Å². The van der Waals surface area contributed by atoms with Gasteiger partial charge in [-0.15, -0.1) is 0 Å². The average molecular weight is 361 g/mol. The van der Waals surface area contributed by atoms with Crippen LogP contribution < -0.4 is 4.74 Å². The van der Waals surface area contributed by atoms with Gasteiger partial charge in [-0.1, -0.05) is 11.6 Å². The van der Waals surface area contributed by atoms with Gasteiger partial charge in [0, 0.05) is 7.11 Å². The summed E-state index contributed by atoms with van der Waals surface area (Å²) in [6, 6.07) is 7.20. The molecule has 128 valence electrons. The molecule has 24 heavy (non-hydrogen) atoms. The Bertz CT molecular complexity index is 759. The van der Waals surface area contributed by atoms with Gasteiger partial charge in [-0.3, -0.25) is 0 Å². The molecule has 4 nitrogen and oxygen atoms in total. The monoisotopic (exact) mass is 360 g/mol. The Kier molecular flexibility index (Phi) is 5.36. The van der Waals surface area contributed by atoms with Gasteiger partial charge in [0.2, 0.25) is 0 Å². The lowest BCUT2D eigenvalue weighted by molar-refractivity contribution is -0.137. The Hall–Kier alpha value is -2.25. The third kappa shape index (κ3) is 4.18. The van der Waals surface area contributed by atoms with Crippen molar-refractivity contribution < 1.29 is 32.5 Å². The van der Waals surface area contributed by atoms with Gasteiger partial charge in [-0.2, -0.15) is 13.2 Å². The van der Waals surface area contributed by atoms with Gasteiger partial charge in [0.05, 0.1) is 22.8 Å². The fourth-order valence-corrected chi connectivity index (χ4v) is 2.26. The van der Waals surface area contributed by atoms with Gasteiger partial charge in [0.15, 0.2) is 0 Å². The molecule has 0 spiro atoms. The zero-order chi connectivity index (χ0) is 17.9. The summed E-state index contributed by atoms with van der Waals surface area (Å²) >= 11 is 5.55. The summed E-state index contributed by atoms with van der Waals surface area (Å²) in [5, 5.41) is 8.66. The number of carbonyl (C=O) groups is 1. The highest BCUT2D eigenvalue weighted by atomic mass is 35.5. The fraction of sp³-hybridized carbons (Fsp3) is 0.188. The lowest BCUT2D eigenvalue weighted by atomic mass is 10.1. The van der Waals surface area contributed by atoms with Crippen molar-refractivity contribution in [2.24, 2.45) is 0 Å². The molecule has 0 aliphatic heterocycles. The van der Waals surface area contributed by atoms with Gasteiger partial charge in [0.25, 0.3) is 0 Å². The molecule has 1 N–H and O–H groups in total. The number of rotatable bonds is 5. The lowest BCUT2D eigenvalue weighted by Gasteiger charge is -2.13. The molecular formula is C16H12ClF3O4. The molecule has 0 aliphatic carbocycles. The molecule has 0 amide bonds. The topological polar surface area (TPSA) is 55.8 Å². The third-order valence-electron chi connectivity index (χ3n) is 3.09. The number of methoxy groups -OCH3 is 1. The normalized spacial score (nSPS) is 11.4. The number of aromatic carboxylic acids is 1. The molecule has 2 aromatic carbocycles. The Morgan fingerprint density at radius 3 is 2.38 bits per heavy atom. The summed E-state index contributed by atoms with van der Waals surface area (Å²) in [4.78, 5) is 11.1. The van der Waals surface area contributed by atoms with E-state index in [0.717, 1.165) is 12.1 Å². The largest absolute Gasteiger partial charge is 0.478 e. The van der Waals surface area contributed by atoms with Crippen molar-refractivity contribution in [2.45, 2.75) is 12.8 Å². The highest BCUT2D eigenvalue weighted by Gasteiger charge is 2.33. The van der Waals surface area contributed by atoms with Crippen LogP contribution in [0.1, 0.15) is 21.5 Å². The van der Waals surface area contributed by atoms with Crippen molar-refractivity contribution in [1.29, 1.82) is 0 Å². The first-order valence-electron chi connectivity index (χ1n) is 6.62. The Morgan fingerprint density at radius 1 is 1.17 bits per heavy atom. The molecule has 0 heterocycles. The second-order valence-electron chi connectivity index (χ2n) is 4.80. The predicted octanol–water partition coefficient (Wildman–Crippen LogP) is 5.00. The van der Waals surface area contributed by atoms with Gasteiger partial charge >= 0.3 is 12.1 Å². The SMILES string of the molecule is COCc1cc(Oc2ccc(Cl)c(C(F)(F)F)c2)ccc1C(=O)O. The van der Waals surface area contributed by atoms with Crippen LogP contribution in [0.3, 0.4) is 0 Å². The van der Waals surface area contributed by atoms with Crippen LogP contribution in [0.2, 0.25) is 5.02 Å². The zero-order valence-corrected chi connectivity index (χ0v) is 13.1. The summed E-state index contributed by atoms with van der Waals surface area (Å²) in [6.45, 7) is 0.0211. The minimum atomic E-state index is -4.61. The maximum Gasteiger partial charge on any atom is 0.417 e. The van der Waals surface area contributed by atoms with Gasteiger partial charge in [-0.05, 0) is 42.0 Å². The van der Waals surface area contributed by atoms with E-state index in [4.69, 9.17) is 26.2 Å². The Morgan fingerprint density at radius 2 is 1.79 bits per heavy atom. The predicted molar refractivity (Wildman–Crippen MR) is 80.6 cm³/mol. The van der Waals surface area contributed by atoms with Crippen LogP contribution in [0, 0.1) is 0 Å². The quantitative estimate of drug-likeness (QED) is 0.815. The molecule has 0 aliphatic rings. The first-order chi connectivity index (χ1) is 11.2. The van der Waals surface area contributed by atoms with Crippen LogP contribution in [0.5, 0.6) is 11.5 Å². The van der Waals surface area contributed by atoms with Crippen LogP contribution in [0.4, 0.5) is 13.2 Å². The minimum absolute atomic E-state index is 0.0211. The number of hydrogen-bond donors (Lipinski definition) is 1. The summed E-state index contributed by atoms with van der Waals surface area (Å²) in [7, 11) is 1.40. The van der Waals surface area contributed by atoms with Crippen LogP contribution >= 0.6 is 11.6 Å². The average Bonchev–Trinajstić information content (AvgIpc) is 2.48. The van der Waals surface area contributed by atoms with Crippen LogP contribution in [0.25, 0.3) is 0 Å². The smallest absolute Gasteiger partial charge is 0.417 e. The highest BCUT2D eigenvalue weighted by Crippen LogP contribution is 2.37. The lowest BCUT2D eigenvalue weighted by Crippen LogP contribution is -2.06. The second-order valence-corrected chi connectivity index (χ2v) is 5.21. The van der Waals surface area contributed by atoms with Crippen molar-refractivity contribution in [3.63, 3.8) is 0 Å². The summed E-state index contributed by atoms with van der Waals surface area (Å²) in [6.07, 6.45) is -4.61. The van der Waals surface area contributed by atoms with Crippen LogP contribution in [-0.4, -0.2) is 18.2 Å². The molecular weight excluding hydrogens is 349 g/mol. The number of carboxylic acid groups (broad SMARTS) is 1. The summed E-state index contributed by atoms with van der Waals surface area (Å²) < 4.78 is 48.9. The molecule has 0 unspecified atom stereocenters. The van der Waals surface area contributed by atoms with E-state index in [1.807, 2.05) is 0 Å². The van der Waals surface area contributed by atoms with E-state index < -0.39 is 22.7 Å². The molecule has 0 saturated carbocycles. The van der Waals surface area contributed by atoms with E-state index >= 15 is 0 Å². The Labute approximate surface area is 140 Å². The van der Waals surface area contributed by atoms with Gasteiger partial charge in [0.1, 0.15) is 11.5 Å². The highest BCUT2D eigenvalue weighted by molar-refractivity contribution is 6.31. The molecule has 2 rings (SSSR count). The van der Waals surface area contributed by atoms with Crippen molar-refractivity contribution in [3.05, 3.63) is 58.1 Å². The zero-order valence-electron chi connectivity index (χ0n) is 12.4. The summed E-state index contributed by atoms with van der Waals surface area (Å²) in [5.41, 5.74) is -0.648. The van der Waals surface area contributed by atoms with Crippen molar-refractivity contribution in [3.8, 4) is 11.5 Å². The molecule has 0 radical (unpaired) electrons. The molecule has 0 bridgehead atoms. The van der Waals surface area contributed by atoms with E-state index in [1.54, 1.807) is 0 Å². The van der Waals surface area contributed by atoms with Crippen molar-refractivity contribution >= 4 is 17.6 Å². The second kappa shape index (κ2) is 7.11. The molecule has 0 aromatic heterocycles.